The average Bonchev–Trinajstić information content (AvgIpc) is 3.10. The minimum atomic E-state index is 0.720. The van der Waals surface area contributed by atoms with Gasteiger partial charge in [0.25, 0.3) is 0 Å². The third kappa shape index (κ3) is 4.89. The maximum atomic E-state index is 5.73. The summed E-state index contributed by atoms with van der Waals surface area (Å²) in [7, 11) is 2.15. The maximum Gasteiger partial charge on any atom is 0.0987 e. The summed E-state index contributed by atoms with van der Waals surface area (Å²) >= 11 is 0. The molecule has 0 aromatic rings. The molecule has 0 aromatic carbocycles. The molecule has 1 fully saturated rings. The largest absolute Gasteiger partial charge is 0.366 e. The summed E-state index contributed by atoms with van der Waals surface area (Å²) in [6.07, 6.45) is 9.37. The van der Waals surface area contributed by atoms with Gasteiger partial charge >= 0.3 is 0 Å². The predicted molar refractivity (Wildman–Crippen MR) is 78.7 cm³/mol. The highest BCUT2D eigenvalue weighted by Gasteiger charge is 2.49. The van der Waals surface area contributed by atoms with E-state index in [2.05, 4.69) is 32.7 Å². The Hall–Kier alpha value is -0.0800. The van der Waals surface area contributed by atoms with E-state index in [0.717, 1.165) is 31.2 Å². The summed E-state index contributed by atoms with van der Waals surface area (Å²) in [6.45, 7) is 9.84. The van der Waals surface area contributed by atoms with Crippen LogP contribution in [0.5, 0.6) is 0 Å². The van der Waals surface area contributed by atoms with Gasteiger partial charge in [0.05, 0.1) is 6.73 Å². The first-order valence-electron chi connectivity index (χ1n) is 7.94. The molecule has 0 spiro atoms. The topological polar surface area (TPSA) is 12.5 Å². The van der Waals surface area contributed by atoms with E-state index < -0.39 is 0 Å². The van der Waals surface area contributed by atoms with E-state index >= 15 is 0 Å². The molecule has 1 atom stereocenters. The number of hydrogen-bond donors (Lipinski definition) is 0. The molecule has 0 aromatic heterocycles. The van der Waals surface area contributed by atoms with Gasteiger partial charge in [0.2, 0.25) is 0 Å². The van der Waals surface area contributed by atoms with Gasteiger partial charge in [-0.05, 0) is 50.6 Å². The van der Waals surface area contributed by atoms with Crippen molar-refractivity contribution in [1.82, 2.24) is 4.90 Å². The molecule has 1 unspecified atom stereocenters. The zero-order valence-corrected chi connectivity index (χ0v) is 13.0. The van der Waals surface area contributed by atoms with Crippen LogP contribution in [0.25, 0.3) is 0 Å². The normalized spacial score (nSPS) is 21.5. The lowest BCUT2D eigenvalue weighted by Gasteiger charge is -2.16. The van der Waals surface area contributed by atoms with Gasteiger partial charge in [-0.15, -0.1) is 0 Å². The Bertz CT molecular complexity index is 213. The molecule has 0 saturated heterocycles. The minimum Gasteiger partial charge on any atom is -0.366 e. The smallest absolute Gasteiger partial charge is 0.0987 e. The lowest BCUT2D eigenvalue weighted by atomic mass is 9.95. The summed E-state index contributed by atoms with van der Waals surface area (Å²) in [4.78, 5) is 2.28. The van der Waals surface area contributed by atoms with Crippen molar-refractivity contribution in [2.75, 3.05) is 26.9 Å². The van der Waals surface area contributed by atoms with Crippen molar-refractivity contribution in [3.8, 4) is 0 Å². The van der Waals surface area contributed by atoms with Crippen LogP contribution in [-0.4, -0.2) is 31.8 Å². The summed E-state index contributed by atoms with van der Waals surface area (Å²) in [5.74, 6) is 0.994. The highest BCUT2D eigenvalue weighted by Crippen LogP contribution is 2.59. The first-order valence-corrected chi connectivity index (χ1v) is 7.94. The van der Waals surface area contributed by atoms with Crippen LogP contribution in [0, 0.1) is 11.3 Å². The quantitative estimate of drug-likeness (QED) is 0.403. The summed E-state index contributed by atoms with van der Waals surface area (Å²) < 4.78 is 5.73. The van der Waals surface area contributed by atoms with E-state index in [1.54, 1.807) is 0 Å². The van der Waals surface area contributed by atoms with Gasteiger partial charge in [-0.1, -0.05) is 40.0 Å². The second-order valence-corrected chi connectivity index (χ2v) is 6.08. The van der Waals surface area contributed by atoms with Crippen molar-refractivity contribution >= 4 is 0 Å². The van der Waals surface area contributed by atoms with Gasteiger partial charge in [-0.25, -0.2) is 0 Å². The average molecular weight is 255 g/mol. The van der Waals surface area contributed by atoms with Gasteiger partial charge in [0.15, 0.2) is 0 Å². The molecule has 1 aliphatic rings. The summed E-state index contributed by atoms with van der Waals surface area (Å²) in [5, 5.41) is 0. The fourth-order valence-electron chi connectivity index (χ4n) is 3.10. The van der Waals surface area contributed by atoms with Crippen molar-refractivity contribution in [3.63, 3.8) is 0 Å². The Balaban J connectivity index is 1.94. The number of hydrogen-bond acceptors (Lipinski definition) is 2. The molecule has 0 aliphatic heterocycles. The third-order valence-electron chi connectivity index (χ3n) is 4.81. The Kier molecular flexibility index (Phi) is 7.25. The van der Waals surface area contributed by atoms with Crippen LogP contribution in [0.4, 0.5) is 0 Å². The van der Waals surface area contributed by atoms with E-state index in [1.807, 2.05) is 0 Å². The minimum absolute atomic E-state index is 0.720. The second-order valence-electron chi connectivity index (χ2n) is 6.08. The van der Waals surface area contributed by atoms with Crippen LogP contribution < -0.4 is 0 Å². The molecule has 0 amide bonds. The standard InChI is InChI=1S/C16H33NO/c1-5-8-11-17(4)14-18-12-9-10-15-13-16(15,6-2)7-3/h15H,5-14H2,1-4H3. The number of rotatable bonds is 11. The molecule has 0 bridgehead atoms. The Morgan fingerprint density at radius 1 is 1.17 bits per heavy atom. The van der Waals surface area contributed by atoms with E-state index in [-0.39, 0.29) is 0 Å². The first kappa shape index (κ1) is 16.0. The SMILES string of the molecule is CCCCN(C)COCCCC1CC1(CC)CC. The van der Waals surface area contributed by atoms with E-state index in [4.69, 9.17) is 4.74 Å². The predicted octanol–water partition coefficient (Wildman–Crippen LogP) is 4.30. The van der Waals surface area contributed by atoms with Crippen LogP contribution in [0.3, 0.4) is 0 Å². The van der Waals surface area contributed by atoms with Gasteiger partial charge < -0.3 is 4.74 Å². The second kappa shape index (κ2) is 8.16. The highest BCUT2D eigenvalue weighted by atomic mass is 16.5. The van der Waals surface area contributed by atoms with E-state index in [0.29, 0.717) is 0 Å². The molecule has 0 radical (unpaired) electrons. The molecule has 18 heavy (non-hydrogen) atoms. The highest BCUT2D eigenvalue weighted by molar-refractivity contribution is 4.99. The fraction of sp³-hybridized carbons (Fsp3) is 1.00. The summed E-state index contributed by atoms with van der Waals surface area (Å²) in [5.41, 5.74) is 0.720. The Morgan fingerprint density at radius 2 is 1.89 bits per heavy atom. The zero-order chi connectivity index (χ0) is 13.4. The molecule has 0 N–H and O–H groups in total. The van der Waals surface area contributed by atoms with Gasteiger partial charge in [0, 0.05) is 6.61 Å². The van der Waals surface area contributed by atoms with Crippen molar-refractivity contribution in [1.29, 1.82) is 0 Å². The number of unbranched alkanes of at least 4 members (excludes halogenated alkanes) is 1. The molecular weight excluding hydrogens is 222 g/mol. The first-order chi connectivity index (χ1) is 8.68. The monoisotopic (exact) mass is 255 g/mol. The van der Waals surface area contributed by atoms with E-state index in [1.165, 1.54) is 44.9 Å². The molecule has 2 heteroatoms. The fourth-order valence-corrected chi connectivity index (χ4v) is 3.10. The molecular formula is C16H33NO. The molecule has 0 heterocycles. The van der Waals surface area contributed by atoms with Crippen LogP contribution in [-0.2, 0) is 4.74 Å². The molecule has 1 rings (SSSR count). The van der Waals surface area contributed by atoms with Gasteiger partial charge in [-0.2, -0.15) is 0 Å². The van der Waals surface area contributed by atoms with Gasteiger partial charge in [0.1, 0.15) is 0 Å². The Morgan fingerprint density at radius 3 is 2.44 bits per heavy atom. The molecule has 2 nitrogen and oxygen atoms in total. The van der Waals surface area contributed by atoms with Crippen molar-refractivity contribution in [3.05, 3.63) is 0 Å². The maximum absolute atomic E-state index is 5.73. The number of ether oxygens (including phenoxy) is 1. The molecule has 1 saturated carbocycles. The van der Waals surface area contributed by atoms with Crippen molar-refractivity contribution < 1.29 is 4.74 Å². The zero-order valence-electron chi connectivity index (χ0n) is 13.0. The van der Waals surface area contributed by atoms with Crippen LogP contribution >= 0.6 is 0 Å². The summed E-state index contributed by atoms with van der Waals surface area (Å²) in [6, 6.07) is 0. The van der Waals surface area contributed by atoms with Crippen LogP contribution in [0.2, 0.25) is 0 Å². The van der Waals surface area contributed by atoms with Crippen molar-refractivity contribution in [2.45, 2.75) is 65.7 Å². The lowest BCUT2D eigenvalue weighted by Crippen LogP contribution is -2.23. The van der Waals surface area contributed by atoms with Crippen LogP contribution in [0.15, 0.2) is 0 Å². The molecule has 1 aliphatic carbocycles. The van der Waals surface area contributed by atoms with Crippen LogP contribution in [0.1, 0.15) is 65.7 Å². The molecule has 108 valence electrons. The van der Waals surface area contributed by atoms with Crippen molar-refractivity contribution in [2.24, 2.45) is 11.3 Å². The third-order valence-corrected chi connectivity index (χ3v) is 4.81. The Labute approximate surface area is 114 Å². The number of nitrogens with zero attached hydrogens (tertiary/aromatic N) is 1. The van der Waals surface area contributed by atoms with E-state index in [9.17, 15) is 0 Å². The van der Waals surface area contributed by atoms with Gasteiger partial charge in [-0.3, -0.25) is 4.90 Å². The lowest BCUT2D eigenvalue weighted by molar-refractivity contribution is 0.0395.